The van der Waals surface area contributed by atoms with Crippen LogP contribution in [-0.2, 0) is 6.42 Å². The lowest BCUT2D eigenvalue weighted by Crippen LogP contribution is -2.44. The molecule has 0 aromatic carbocycles. The summed E-state index contributed by atoms with van der Waals surface area (Å²) in [6.45, 7) is 5.45. The molecule has 4 nitrogen and oxygen atoms in total. The van der Waals surface area contributed by atoms with Crippen molar-refractivity contribution in [1.82, 2.24) is 19.8 Å². The highest BCUT2D eigenvalue weighted by atomic mass is 35.5. The summed E-state index contributed by atoms with van der Waals surface area (Å²) in [6.07, 6.45) is 0.912. The zero-order valence-electron chi connectivity index (χ0n) is 7.87. The van der Waals surface area contributed by atoms with Crippen LogP contribution in [-0.4, -0.2) is 47.2 Å². The van der Waals surface area contributed by atoms with Crippen LogP contribution >= 0.6 is 23.1 Å². The van der Waals surface area contributed by atoms with Crippen molar-refractivity contribution in [3.63, 3.8) is 0 Å². The molecule has 0 unspecified atom stereocenters. The fraction of sp³-hybridized carbons (Fsp3) is 0.750. The normalized spacial score (nSPS) is 18.6. The molecule has 14 heavy (non-hydrogen) atoms. The summed E-state index contributed by atoms with van der Waals surface area (Å²) in [6, 6.07) is 0. The van der Waals surface area contributed by atoms with Gasteiger partial charge in [-0.25, -0.2) is 0 Å². The first-order chi connectivity index (χ1) is 6.86. The predicted octanol–water partition coefficient (Wildman–Crippen LogP) is 0.639. The Labute approximate surface area is 92.4 Å². The van der Waals surface area contributed by atoms with E-state index in [4.69, 9.17) is 11.6 Å². The van der Waals surface area contributed by atoms with E-state index in [0.29, 0.717) is 0 Å². The highest BCUT2D eigenvalue weighted by Gasteiger charge is 2.11. The largest absolute Gasteiger partial charge is 0.314 e. The molecule has 1 N–H and O–H groups in total. The Kier molecular flexibility index (Phi) is 3.69. The number of hydrogen-bond donors (Lipinski definition) is 1. The highest BCUT2D eigenvalue weighted by molar-refractivity contribution is 7.10. The van der Waals surface area contributed by atoms with Gasteiger partial charge in [-0.15, -0.1) is 5.10 Å². The van der Waals surface area contributed by atoms with Crippen molar-refractivity contribution < 1.29 is 0 Å². The van der Waals surface area contributed by atoms with E-state index in [9.17, 15) is 0 Å². The van der Waals surface area contributed by atoms with Gasteiger partial charge in [-0.2, -0.15) is 0 Å². The van der Waals surface area contributed by atoms with Crippen molar-refractivity contribution in [3.05, 3.63) is 10.0 Å². The van der Waals surface area contributed by atoms with Crippen LogP contribution in [0.5, 0.6) is 0 Å². The fourth-order valence-electron chi connectivity index (χ4n) is 1.54. The van der Waals surface area contributed by atoms with Crippen molar-refractivity contribution in [1.29, 1.82) is 0 Å². The van der Waals surface area contributed by atoms with Gasteiger partial charge in [0.25, 0.3) is 0 Å². The standard InChI is InChI=1S/C8H13ClN4S/c9-8-7(11-12-14-8)1-4-13-5-2-10-3-6-13/h10H,1-6H2. The molecular weight excluding hydrogens is 220 g/mol. The quantitative estimate of drug-likeness (QED) is 0.831. The maximum Gasteiger partial charge on any atom is 0.137 e. The third-order valence-corrected chi connectivity index (χ3v) is 3.37. The van der Waals surface area contributed by atoms with Gasteiger partial charge >= 0.3 is 0 Å². The van der Waals surface area contributed by atoms with E-state index in [0.717, 1.165) is 49.2 Å². The zero-order chi connectivity index (χ0) is 9.80. The topological polar surface area (TPSA) is 41.1 Å². The van der Waals surface area contributed by atoms with Gasteiger partial charge in [0.15, 0.2) is 0 Å². The molecule has 0 bridgehead atoms. The van der Waals surface area contributed by atoms with Gasteiger partial charge in [0.1, 0.15) is 4.34 Å². The van der Waals surface area contributed by atoms with E-state index >= 15 is 0 Å². The average Bonchev–Trinajstić information content (AvgIpc) is 2.63. The second kappa shape index (κ2) is 5.02. The summed E-state index contributed by atoms with van der Waals surface area (Å²) in [5.74, 6) is 0. The summed E-state index contributed by atoms with van der Waals surface area (Å²) < 4.78 is 4.55. The van der Waals surface area contributed by atoms with Gasteiger partial charge in [-0.3, -0.25) is 0 Å². The summed E-state index contributed by atoms with van der Waals surface area (Å²) in [5, 5.41) is 7.32. The molecule has 2 rings (SSSR count). The molecule has 1 aliphatic rings. The predicted molar refractivity (Wildman–Crippen MR) is 57.9 cm³/mol. The summed E-state index contributed by atoms with van der Waals surface area (Å²) >= 11 is 7.18. The van der Waals surface area contributed by atoms with Gasteiger partial charge in [0.2, 0.25) is 0 Å². The van der Waals surface area contributed by atoms with Crippen LogP contribution in [0, 0.1) is 0 Å². The van der Waals surface area contributed by atoms with Gasteiger partial charge in [-0.05, 0) is 0 Å². The number of nitrogens with one attached hydrogen (secondary N) is 1. The third-order valence-electron chi connectivity index (χ3n) is 2.38. The first-order valence-corrected chi connectivity index (χ1v) is 5.91. The smallest absolute Gasteiger partial charge is 0.137 e. The van der Waals surface area contributed by atoms with E-state index < -0.39 is 0 Å². The molecule has 6 heteroatoms. The monoisotopic (exact) mass is 232 g/mol. The molecular formula is C8H13ClN4S. The third kappa shape index (κ3) is 2.63. The fourth-order valence-corrected chi connectivity index (χ4v) is 2.23. The van der Waals surface area contributed by atoms with Gasteiger partial charge in [-0.1, -0.05) is 16.1 Å². The first kappa shape index (κ1) is 10.3. The van der Waals surface area contributed by atoms with Crippen LogP contribution in [0.3, 0.4) is 0 Å². The van der Waals surface area contributed by atoms with Crippen molar-refractivity contribution >= 4 is 23.1 Å². The molecule has 2 heterocycles. The second-order valence-electron chi connectivity index (χ2n) is 3.33. The Bertz CT molecular complexity index is 285. The van der Waals surface area contributed by atoms with Gasteiger partial charge < -0.3 is 10.2 Å². The Hall–Kier alpha value is -0.230. The maximum atomic E-state index is 5.92. The second-order valence-corrected chi connectivity index (χ2v) is 4.69. The minimum atomic E-state index is 0.736. The molecule has 1 aliphatic heterocycles. The number of halogens is 1. The lowest BCUT2D eigenvalue weighted by Gasteiger charge is -2.26. The molecule has 1 fully saturated rings. The summed E-state index contributed by atoms with van der Waals surface area (Å²) in [4.78, 5) is 2.42. The Morgan fingerprint density at radius 3 is 2.86 bits per heavy atom. The van der Waals surface area contributed by atoms with Crippen molar-refractivity contribution in [3.8, 4) is 0 Å². The Morgan fingerprint density at radius 1 is 1.43 bits per heavy atom. The van der Waals surface area contributed by atoms with Crippen molar-refractivity contribution in [2.24, 2.45) is 0 Å². The number of hydrogen-bond acceptors (Lipinski definition) is 5. The molecule has 0 radical (unpaired) electrons. The van der Waals surface area contributed by atoms with Crippen LogP contribution < -0.4 is 5.32 Å². The van der Waals surface area contributed by atoms with Gasteiger partial charge in [0, 0.05) is 50.7 Å². The molecule has 0 amide bonds. The zero-order valence-corrected chi connectivity index (χ0v) is 9.44. The van der Waals surface area contributed by atoms with E-state index in [2.05, 4.69) is 19.8 Å². The van der Waals surface area contributed by atoms with Gasteiger partial charge in [0.05, 0.1) is 5.69 Å². The van der Waals surface area contributed by atoms with E-state index in [1.807, 2.05) is 0 Å². The molecule has 0 atom stereocenters. The number of aromatic nitrogens is 2. The summed E-state index contributed by atoms with van der Waals surface area (Å²) in [7, 11) is 0. The number of rotatable bonds is 3. The molecule has 0 spiro atoms. The molecule has 1 aromatic rings. The SMILES string of the molecule is Clc1snnc1CCN1CCNCC1. The Morgan fingerprint density at radius 2 is 2.21 bits per heavy atom. The van der Waals surface area contributed by atoms with E-state index in [1.54, 1.807) is 0 Å². The summed E-state index contributed by atoms with van der Waals surface area (Å²) in [5.41, 5.74) is 0.940. The lowest BCUT2D eigenvalue weighted by atomic mass is 10.3. The maximum absolute atomic E-state index is 5.92. The Balaban J connectivity index is 1.79. The highest BCUT2D eigenvalue weighted by Crippen LogP contribution is 2.17. The minimum Gasteiger partial charge on any atom is -0.314 e. The van der Waals surface area contributed by atoms with Crippen LogP contribution in [0.25, 0.3) is 0 Å². The van der Waals surface area contributed by atoms with Crippen LogP contribution in [0.1, 0.15) is 5.69 Å². The molecule has 1 aromatic heterocycles. The molecule has 0 aliphatic carbocycles. The van der Waals surface area contributed by atoms with Crippen LogP contribution in [0.2, 0.25) is 4.34 Å². The molecule has 78 valence electrons. The number of nitrogens with zero attached hydrogens (tertiary/aromatic N) is 3. The van der Waals surface area contributed by atoms with E-state index in [-0.39, 0.29) is 0 Å². The molecule has 0 saturated carbocycles. The lowest BCUT2D eigenvalue weighted by molar-refractivity contribution is 0.243. The minimum absolute atomic E-state index is 0.736. The van der Waals surface area contributed by atoms with Crippen molar-refractivity contribution in [2.75, 3.05) is 32.7 Å². The van der Waals surface area contributed by atoms with Crippen LogP contribution in [0.15, 0.2) is 0 Å². The average molecular weight is 233 g/mol. The first-order valence-electron chi connectivity index (χ1n) is 4.76. The molecule has 1 saturated heterocycles. The van der Waals surface area contributed by atoms with E-state index in [1.165, 1.54) is 11.5 Å². The van der Waals surface area contributed by atoms with Crippen molar-refractivity contribution in [2.45, 2.75) is 6.42 Å². The number of piperazine rings is 1. The van der Waals surface area contributed by atoms with Crippen LogP contribution in [0.4, 0.5) is 0 Å².